The molecular formula is C15H20BrN3O. The first kappa shape index (κ1) is 15.2. The summed E-state index contributed by atoms with van der Waals surface area (Å²) in [5.74, 6) is 1.24. The minimum atomic E-state index is 0.0272. The van der Waals surface area contributed by atoms with Gasteiger partial charge in [-0.2, -0.15) is 4.98 Å². The fourth-order valence-electron chi connectivity index (χ4n) is 1.86. The second-order valence-electron chi connectivity index (χ2n) is 6.04. The molecule has 108 valence electrons. The van der Waals surface area contributed by atoms with Crippen LogP contribution in [0.5, 0.6) is 0 Å². The summed E-state index contributed by atoms with van der Waals surface area (Å²) in [6.45, 7) is 11.0. The Morgan fingerprint density at radius 3 is 2.35 bits per heavy atom. The lowest BCUT2D eigenvalue weighted by Crippen LogP contribution is -2.35. The minimum Gasteiger partial charge on any atom is -0.338 e. The van der Waals surface area contributed by atoms with E-state index in [4.69, 9.17) is 4.52 Å². The highest BCUT2D eigenvalue weighted by molar-refractivity contribution is 9.10. The zero-order valence-corrected chi connectivity index (χ0v) is 14.1. The maximum Gasteiger partial charge on any atom is 0.240 e. The van der Waals surface area contributed by atoms with Gasteiger partial charge >= 0.3 is 0 Å². The lowest BCUT2D eigenvalue weighted by atomic mass is 10.1. The van der Waals surface area contributed by atoms with E-state index in [0.717, 1.165) is 10.0 Å². The number of halogens is 1. The maximum atomic E-state index is 5.29. The maximum absolute atomic E-state index is 5.29. The molecule has 1 N–H and O–H groups in total. The van der Waals surface area contributed by atoms with Crippen LogP contribution in [0.15, 0.2) is 21.1 Å². The van der Waals surface area contributed by atoms with E-state index in [9.17, 15) is 0 Å². The Morgan fingerprint density at radius 1 is 1.20 bits per heavy atom. The average molecular weight is 338 g/mol. The quantitative estimate of drug-likeness (QED) is 0.919. The normalized spacial score (nSPS) is 11.9. The van der Waals surface area contributed by atoms with Crippen molar-refractivity contribution in [3.8, 4) is 11.4 Å². The second kappa shape index (κ2) is 5.66. The zero-order valence-electron chi connectivity index (χ0n) is 12.5. The van der Waals surface area contributed by atoms with Gasteiger partial charge in [-0.1, -0.05) is 21.1 Å². The zero-order chi connectivity index (χ0) is 14.9. The van der Waals surface area contributed by atoms with Crippen molar-refractivity contribution in [1.29, 1.82) is 0 Å². The summed E-state index contributed by atoms with van der Waals surface area (Å²) in [6, 6.07) is 4.12. The molecule has 0 spiro atoms. The van der Waals surface area contributed by atoms with E-state index in [-0.39, 0.29) is 5.54 Å². The van der Waals surface area contributed by atoms with Crippen LogP contribution in [0.4, 0.5) is 0 Å². The van der Waals surface area contributed by atoms with Crippen LogP contribution in [0, 0.1) is 13.8 Å². The molecule has 0 aliphatic heterocycles. The van der Waals surface area contributed by atoms with Crippen molar-refractivity contribution in [2.45, 2.75) is 46.7 Å². The number of aryl methyl sites for hydroxylation is 2. The first-order valence-corrected chi connectivity index (χ1v) is 7.40. The van der Waals surface area contributed by atoms with Gasteiger partial charge in [0.25, 0.3) is 0 Å². The van der Waals surface area contributed by atoms with Crippen LogP contribution in [-0.4, -0.2) is 15.7 Å². The van der Waals surface area contributed by atoms with Crippen molar-refractivity contribution in [2.24, 2.45) is 0 Å². The van der Waals surface area contributed by atoms with E-state index in [2.05, 4.69) is 78.1 Å². The summed E-state index contributed by atoms with van der Waals surface area (Å²) in [5, 5.41) is 7.39. The number of hydrogen-bond donors (Lipinski definition) is 1. The summed E-state index contributed by atoms with van der Waals surface area (Å²) in [7, 11) is 0. The number of nitrogens with zero attached hydrogens (tertiary/aromatic N) is 2. The van der Waals surface area contributed by atoms with Crippen LogP contribution in [0.2, 0.25) is 0 Å². The summed E-state index contributed by atoms with van der Waals surface area (Å²) in [5.41, 5.74) is 3.34. The molecule has 2 rings (SSSR count). The van der Waals surface area contributed by atoms with Crippen LogP contribution in [0.25, 0.3) is 11.4 Å². The van der Waals surface area contributed by atoms with Gasteiger partial charge in [0, 0.05) is 15.6 Å². The van der Waals surface area contributed by atoms with Crippen molar-refractivity contribution in [2.75, 3.05) is 0 Å². The lowest BCUT2D eigenvalue weighted by Gasteiger charge is -2.18. The molecule has 5 heteroatoms. The van der Waals surface area contributed by atoms with Gasteiger partial charge in [0.2, 0.25) is 11.7 Å². The molecule has 1 aromatic heterocycles. The molecule has 0 bridgehead atoms. The number of benzene rings is 1. The average Bonchev–Trinajstić information content (AvgIpc) is 2.81. The molecule has 4 nitrogen and oxygen atoms in total. The Labute approximate surface area is 128 Å². The van der Waals surface area contributed by atoms with Gasteiger partial charge in [-0.05, 0) is 57.9 Å². The second-order valence-corrected chi connectivity index (χ2v) is 6.83. The van der Waals surface area contributed by atoms with Crippen LogP contribution < -0.4 is 5.32 Å². The molecule has 0 fully saturated rings. The van der Waals surface area contributed by atoms with Gasteiger partial charge in [-0.25, -0.2) is 0 Å². The van der Waals surface area contributed by atoms with Crippen molar-refractivity contribution < 1.29 is 4.52 Å². The van der Waals surface area contributed by atoms with Crippen LogP contribution in [-0.2, 0) is 6.54 Å². The topological polar surface area (TPSA) is 51.0 Å². The Bertz CT molecular complexity index is 591. The van der Waals surface area contributed by atoms with E-state index < -0.39 is 0 Å². The smallest absolute Gasteiger partial charge is 0.240 e. The van der Waals surface area contributed by atoms with Crippen molar-refractivity contribution in [1.82, 2.24) is 15.5 Å². The Balaban J connectivity index is 2.21. The third-order valence-corrected chi connectivity index (χ3v) is 4.18. The molecule has 0 saturated carbocycles. The van der Waals surface area contributed by atoms with E-state index >= 15 is 0 Å². The highest BCUT2D eigenvalue weighted by Crippen LogP contribution is 2.27. The molecular weight excluding hydrogens is 318 g/mol. The van der Waals surface area contributed by atoms with Crippen molar-refractivity contribution in [3.63, 3.8) is 0 Å². The Morgan fingerprint density at radius 2 is 1.80 bits per heavy atom. The summed E-state index contributed by atoms with van der Waals surface area (Å²) >= 11 is 3.56. The molecule has 0 unspecified atom stereocenters. The van der Waals surface area contributed by atoms with Gasteiger partial charge in [0.05, 0.1) is 6.54 Å². The molecule has 0 radical (unpaired) electrons. The molecule has 0 aliphatic rings. The van der Waals surface area contributed by atoms with Gasteiger partial charge in [0.1, 0.15) is 0 Å². The summed E-state index contributed by atoms with van der Waals surface area (Å²) in [4.78, 5) is 4.44. The SMILES string of the molecule is Cc1cc(-c2noc(CNC(C)(C)C)n2)cc(C)c1Br. The van der Waals surface area contributed by atoms with E-state index in [0.29, 0.717) is 18.3 Å². The lowest BCUT2D eigenvalue weighted by molar-refractivity contribution is 0.336. The molecule has 0 saturated heterocycles. The number of nitrogens with one attached hydrogen (secondary N) is 1. The highest BCUT2D eigenvalue weighted by Gasteiger charge is 2.14. The molecule has 0 amide bonds. The minimum absolute atomic E-state index is 0.0272. The standard InChI is InChI=1S/C15H20BrN3O/c1-9-6-11(7-10(2)13(9)16)14-18-12(20-19-14)8-17-15(3,4)5/h6-7,17H,8H2,1-5H3. The number of rotatable bonds is 3. The van der Waals surface area contributed by atoms with Crippen molar-refractivity contribution in [3.05, 3.63) is 33.6 Å². The molecule has 0 aliphatic carbocycles. The molecule has 20 heavy (non-hydrogen) atoms. The predicted molar refractivity (Wildman–Crippen MR) is 83.5 cm³/mol. The van der Waals surface area contributed by atoms with E-state index in [1.54, 1.807) is 0 Å². The summed E-state index contributed by atoms with van der Waals surface area (Å²) in [6.07, 6.45) is 0. The highest BCUT2D eigenvalue weighted by atomic mass is 79.9. The van der Waals surface area contributed by atoms with Gasteiger partial charge in [-0.15, -0.1) is 0 Å². The van der Waals surface area contributed by atoms with Crippen LogP contribution >= 0.6 is 15.9 Å². The molecule has 0 atom stereocenters. The monoisotopic (exact) mass is 337 g/mol. The fourth-order valence-corrected chi connectivity index (χ4v) is 2.09. The third kappa shape index (κ3) is 3.67. The predicted octanol–water partition coefficient (Wildman–Crippen LogP) is 4.00. The molecule has 2 aromatic rings. The first-order valence-electron chi connectivity index (χ1n) is 6.61. The third-order valence-electron chi connectivity index (χ3n) is 2.93. The van der Waals surface area contributed by atoms with Gasteiger partial charge in [-0.3, -0.25) is 0 Å². The van der Waals surface area contributed by atoms with Gasteiger partial charge < -0.3 is 9.84 Å². The summed E-state index contributed by atoms with van der Waals surface area (Å²) < 4.78 is 6.41. The number of hydrogen-bond acceptors (Lipinski definition) is 4. The molecule has 1 heterocycles. The van der Waals surface area contributed by atoms with E-state index in [1.807, 2.05) is 0 Å². The van der Waals surface area contributed by atoms with Crippen LogP contribution in [0.3, 0.4) is 0 Å². The first-order chi connectivity index (χ1) is 9.26. The van der Waals surface area contributed by atoms with Gasteiger partial charge in [0.15, 0.2) is 0 Å². The number of aromatic nitrogens is 2. The fraction of sp³-hybridized carbons (Fsp3) is 0.467. The molecule has 1 aromatic carbocycles. The van der Waals surface area contributed by atoms with E-state index in [1.165, 1.54) is 11.1 Å². The Hall–Kier alpha value is -1.20. The Kier molecular flexibility index (Phi) is 4.30. The van der Waals surface area contributed by atoms with Crippen molar-refractivity contribution >= 4 is 15.9 Å². The van der Waals surface area contributed by atoms with Crippen LogP contribution in [0.1, 0.15) is 37.8 Å². The largest absolute Gasteiger partial charge is 0.338 e.